The summed E-state index contributed by atoms with van der Waals surface area (Å²) in [6.07, 6.45) is 6.47. The number of β-amino-alcohol motifs (C(OH)–C–C–N with tert-alkyl or cyclic N) is 1. The zero-order chi connectivity index (χ0) is 23.4. The third-order valence-electron chi connectivity index (χ3n) is 6.79. The monoisotopic (exact) mass is 454 g/mol. The van der Waals surface area contributed by atoms with Gasteiger partial charge in [-0.25, -0.2) is 4.98 Å². The lowest BCUT2D eigenvalue weighted by atomic mass is 9.91. The highest BCUT2D eigenvalue weighted by atomic mass is 16.3. The summed E-state index contributed by atoms with van der Waals surface area (Å²) >= 11 is 0. The Morgan fingerprint density at radius 2 is 2.03 bits per heavy atom. The van der Waals surface area contributed by atoms with Crippen LogP contribution in [-0.2, 0) is 31.2 Å². The standard InChI is InChI=1S/C24H34N6O3/c1-17(31)30-9-4-18(5-10-30)11-20-12-19(3-7-25-20)24(33)26-13-21(32)14-29-8-6-22-23(15-29)28(2)16-27-22/h3,7,12,16,18,21,32H,4-6,8-11,13-15H2,1-2H3,(H,26,33)/t21-/m0/s1. The van der Waals surface area contributed by atoms with Crippen LogP contribution in [0.15, 0.2) is 24.7 Å². The number of pyridine rings is 1. The van der Waals surface area contributed by atoms with Crippen molar-refractivity contribution in [3.63, 3.8) is 0 Å². The Kier molecular flexibility index (Phi) is 7.39. The number of fused-ring (bicyclic) bond motifs is 1. The number of aryl methyl sites for hydroxylation is 1. The smallest absolute Gasteiger partial charge is 0.251 e. The highest BCUT2D eigenvalue weighted by Gasteiger charge is 2.23. The van der Waals surface area contributed by atoms with E-state index in [9.17, 15) is 14.7 Å². The van der Waals surface area contributed by atoms with Gasteiger partial charge in [0.05, 0.1) is 23.8 Å². The molecule has 0 aromatic carbocycles. The van der Waals surface area contributed by atoms with E-state index in [2.05, 4.69) is 20.2 Å². The minimum atomic E-state index is -0.642. The largest absolute Gasteiger partial charge is 0.390 e. The van der Waals surface area contributed by atoms with Crippen molar-refractivity contribution in [3.05, 3.63) is 47.3 Å². The molecule has 1 fully saturated rings. The van der Waals surface area contributed by atoms with Crippen molar-refractivity contribution >= 4 is 11.8 Å². The average Bonchev–Trinajstić information content (AvgIpc) is 3.18. The number of aliphatic hydroxyl groups is 1. The van der Waals surface area contributed by atoms with Gasteiger partial charge in [0, 0.05) is 77.1 Å². The summed E-state index contributed by atoms with van der Waals surface area (Å²) in [6, 6.07) is 3.55. The fourth-order valence-corrected chi connectivity index (χ4v) is 4.78. The quantitative estimate of drug-likeness (QED) is 0.640. The van der Waals surface area contributed by atoms with E-state index < -0.39 is 6.10 Å². The van der Waals surface area contributed by atoms with Crippen LogP contribution in [0.5, 0.6) is 0 Å². The maximum atomic E-state index is 12.7. The first-order valence-corrected chi connectivity index (χ1v) is 11.8. The van der Waals surface area contributed by atoms with Gasteiger partial charge in [-0.05, 0) is 37.3 Å². The van der Waals surface area contributed by atoms with E-state index in [1.807, 2.05) is 28.9 Å². The van der Waals surface area contributed by atoms with Crippen molar-refractivity contribution < 1.29 is 14.7 Å². The molecule has 1 atom stereocenters. The molecule has 2 amide bonds. The Balaban J connectivity index is 1.23. The first-order valence-electron chi connectivity index (χ1n) is 11.8. The molecule has 0 spiro atoms. The van der Waals surface area contributed by atoms with E-state index in [1.54, 1.807) is 19.2 Å². The number of aliphatic hydroxyl groups excluding tert-OH is 1. The highest BCUT2D eigenvalue weighted by molar-refractivity contribution is 5.94. The molecule has 4 rings (SSSR count). The lowest BCUT2D eigenvalue weighted by Gasteiger charge is -2.31. The van der Waals surface area contributed by atoms with E-state index in [0.717, 1.165) is 63.3 Å². The van der Waals surface area contributed by atoms with Crippen molar-refractivity contribution in [2.75, 3.05) is 32.7 Å². The Morgan fingerprint density at radius 3 is 2.79 bits per heavy atom. The summed E-state index contributed by atoms with van der Waals surface area (Å²) in [4.78, 5) is 37.1. The van der Waals surface area contributed by atoms with Crippen molar-refractivity contribution in [1.29, 1.82) is 0 Å². The summed E-state index contributed by atoms with van der Waals surface area (Å²) in [5.74, 6) is 0.406. The molecule has 2 aromatic rings. The van der Waals surface area contributed by atoms with Crippen LogP contribution in [-0.4, -0.2) is 80.1 Å². The molecule has 2 aliphatic rings. The molecule has 2 N–H and O–H groups in total. The maximum Gasteiger partial charge on any atom is 0.251 e. The number of carbonyl (C=O) groups is 2. The van der Waals surface area contributed by atoms with Gasteiger partial charge in [-0.15, -0.1) is 0 Å². The van der Waals surface area contributed by atoms with Gasteiger partial charge in [0.1, 0.15) is 0 Å². The van der Waals surface area contributed by atoms with Crippen LogP contribution in [0.25, 0.3) is 0 Å². The minimum Gasteiger partial charge on any atom is -0.390 e. The number of piperidine rings is 1. The van der Waals surface area contributed by atoms with Crippen LogP contribution < -0.4 is 5.32 Å². The van der Waals surface area contributed by atoms with E-state index >= 15 is 0 Å². The van der Waals surface area contributed by atoms with Gasteiger partial charge in [-0.2, -0.15) is 0 Å². The number of imidazole rings is 1. The molecule has 9 heteroatoms. The topological polar surface area (TPSA) is 104 Å². The fraction of sp³-hybridized carbons (Fsp3) is 0.583. The zero-order valence-electron chi connectivity index (χ0n) is 19.5. The van der Waals surface area contributed by atoms with E-state index in [4.69, 9.17) is 0 Å². The maximum absolute atomic E-state index is 12.7. The van der Waals surface area contributed by atoms with Crippen molar-refractivity contribution in [1.82, 2.24) is 29.7 Å². The number of likely N-dealkylation sites (tertiary alicyclic amines) is 1. The second-order valence-electron chi connectivity index (χ2n) is 9.29. The fourth-order valence-electron chi connectivity index (χ4n) is 4.78. The molecule has 178 valence electrons. The third kappa shape index (κ3) is 5.97. The predicted molar refractivity (Wildman–Crippen MR) is 123 cm³/mol. The molecule has 2 aromatic heterocycles. The average molecular weight is 455 g/mol. The Bertz CT molecular complexity index is 982. The van der Waals surface area contributed by atoms with Crippen LogP contribution in [0.1, 0.15) is 47.2 Å². The second kappa shape index (κ2) is 10.4. The summed E-state index contributed by atoms with van der Waals surface area (Å²) < 4.78 is 2.03. The first-order chi connectivity index (χ1) is 15.9. The van der Waals surface area contributed by atoms with Crippen LogP contribution in [0.3, 0.4) is 0 Å². The second-order valence-corrected chi connectivity index (χ2v) is 9.29. The van der Waals surface area contributed by atoms with Gasteiger partial charge >= 0.3 is 0 Å². The molecule has 0 unspecified atom stereocenters. The van der Waals surface area contributed by atoms with Gasteiger partial charge in [-0.1, -0.05) is 0 Å². The van der Waals surface area contributed by atoms with Gasteiger partial charge in [0.15, 0.2) is 0 Å². The van der Waals surface area contributed by atoms with Crippen LogP contribution in [0.4, 0.5) is 0 Å². The summed E-state index contributed by atoms with van der Waals surface area (Å²) in [5, 5.41) is 13.3. The Labute approximate surface area is 194 Å². The predicted octanol–water partition coefficient (Wildman–Crippen LogP) is 0.765. The molecule has 2 aliphatic heterocycles. The molecular formula is C24H34N6O3. The Morgan fingerprint density at radius 1 is 1.24 bits per heavy atom. The van der Waals surface area contributed by atoms with Gasteiger partial charge in [0.2, 0.25) is 5.91 Å². The number of aromatic nitrogens is 3. The molecule has 0 saturated carbocycles. The van der Waals surface area contributed by atoms with Crippen LogP contribution in [0.2, 0.25) is 0 Å². The molecule has 33 heavy (non-hydrogen) atoms. The number of hydrogen-bond donors (Lipinski definition) is 2. The molecule has 9 nitrogen and oxygen atoms in total. The highest BCUT2D eigenvalue weighted by Crippen LogP contribution is 2.21. The summed E-state index contributed by atoms with van der Waals surface area (Å²) in [5.41, 5.74) is 3.78. The lowest BCUT2D eigenvalue weighted by molar-refractivity contribution is -0.130. The zero-order valence-corrected chi connectivity index (χ0v) is 19.5. The number of hydrogen-bond acceptors (Lipinski definition) is 6. The van der Waals surface area contributed by atoms with Crippen LogP contribution >= 0.6 is 0 Å². The number of amides is 2. The molecule has 0 bridgehead atoms. The lowest BCUT2D eigenvalue weighted by Crippen LogP contribution is -2.42. The number of carbonyl (C=O) groups excluding carboxylic acids is 2. The van der Waals surface area contributed by atoms with Gasteiger partial charge < -0.3 is 19.9 Å². The van der Waals surface area contributed by atoms with Crippen molar-refractivity contribution in [3.8, 4) is 0 Å². The molecule has 0 radical (unpaired) electrons. The number of nitrogens with zero attached hydrogens (tertiary/aromatic N) is 5. The van der Waals surface area contributed by atoms with Crippen LogP contribution in [0, 0.1) is 5.92 Å². The Hall–Kier alpha value is -2.78. The SMILES string of the molecule is CC(=O)N1CCC(Cc2cc(C(=O)NC[C@H](O)CN3CCc4ncn(C)c4C3)ccn2)CC1. The summed E-state index contributed by atoms with van der Waals surface area (Å²) in [7, 11) is 1.99. The molecule has 4 heterocycles. The van der Waals surface area contributed by atoms with E-state index in [-0.39, 0.29) is 18.4 Å². The van der Waals surface area contributed by atoms with Gasteiger partial charge in [0.25, 0.3) is 5.91 Å². The van der Waals surface area contributed by atoms with Gasteiger partial charge in [-0.3, -0.25) is 19.5 Å². The van der Waals surface area contributed by atoms with Crippen molar-refractivity contribution in [2.24, 2.45) is 13.0 Å². The van der Waals surface area contributed by atoms with E-state index in [1.165, 1.54) is 5.69 Å². The number of nitrogens with one attached hydrogen (secondary N) is 1. The molecule has 0 aliphatic carbocycles. The first kappa shape index (κ1) is 23.4. The molecular weight excluding hydrogens is 420 g/mol. The summed E-state index contributed by atoms with van der Waals surface area (Å²) in [6.45, 7) is 5.52. The van der Waals surface area contributed by atoms with Crippen molar-refractivity contribution in [2.45, 2.75) is 45.3 Å². The normalized spacial score (nSPS) is 18.1. The molecule has 1 saturated heterocycles. The third-order valence-corrected chi connectivity index (χ3v) is 6.79. The minimum absolute atomic E-state index is 0.134. The number of rotatable bonds is 7. The van der Waals surface area contributed by atoms with E-state index in [0.29, 0.717) is 18.0 Å².